The summed E-state index contributed by atoms with van der Waals surface area (Å²) in [7, 11) is 0. The molecular weight excluding hydrogens is 334 g/mol. The summed E-state index contributed by atoms with van der Waals surface area (Å²) in [6.07, 6.45) is 1.27. The molecule has 7 nitrogen and oxygen atoms in total. The lowest BCUT2D eigenvalue weighted by Crippen LogP contribution is -2.24. The van der Waals surface area contributed by atoms with E-state index in [-0.39, 0.29) is 17.8 Å². The van der Waals surface area contributed by atoms with Gasteiger partial charge in [0.1, 0.15) is 0 Å². The monoisotopic (exact) mass is 343 g/mol. The highest BCUT2D eigenvalue weighted by Crippen LogP contribution is 2.15. The van der Waals surface area contributed by atoms with Gasteiger partial charge in [-0.2, -0.15) is 0 Å². The van der Waals surface area contributed by atoms with Gasteiger partial charge in [0.2, 0.25) is 0 Å². The number of halogens is 1. The van der Waals surface area contributed by atoms with Crippen molar-refractivity contribution in [2.75, 3.05) is 0 Å². The highest BCUT2D eigenvalue weighted by atomic mass is 35.5. The van der Waals surface area contributed by atoms with Crippen LogP contribution in [0.25, 0.3) is 10.9 Å². The van der Waals surface area contributed by atoms with Crippen molar-refractivity contribution in [3.8, 4) is 0 Å². The normalized spacial score (nSPS) is 10.7. The Labute approximate surface area is 140 Å². The fourth-order valence-corrected chi connectivity index (χ4v) is 2.45. The van der Waals surface area contributed by atoms with Gasteiger partial charge in [-0.1, -0.05) is 23.7 Å². The minimum atomic E-state index is -0.581. The number of ketones is 1. The molecule has 8 heteroatoms. The first kappa shape index (κ1) is 15.8. The van der Waals surface area contributed by atoms with Crippen molar-refractivity contribution >= 4 is 34.0 Å². The summed E-state index contributed by atoms with van der Waals surface area (Å²) in [6.45, 7) is -0.268. The molecule has 0 saturated carbocycles. The molecule has 0 atom stereocenters. The molecule has 0 fully saturated rings. The average molecular weight is 344 g/mol. The predicted molar refractivity (Wildman–Crippen MR) is 88.4 cm³/mol. The lowest BCUT2D eigenvalue weighted by atomic mass is 10.1. The predicted octanol–water partition coefficient (Wildman–Crippen LogP) is 2.84. The van der Waals surface area contributed by atoms with Gasteiger partial charge < -0.3 is 0 Å². The molecule has 3 rings (SSSR count). The Balaban J connectivity index is 1.96. The number of nitro benzene ring substituents is 1. The van der Waals surface area contributed by atoms with Crippen LogP contribution in [0.15, 0.2) is 53.6 Å². The van der Waals surface area contributed by atoms with Gasteiger partial charge in [-0.3, -0.25) is 24.3 Å². The molecule has 0 amide bonds. The zero-order chi connectivity index (χ0) is 17.3. The summed E-state index contributed by atoms with van der Waals surface area (Å²) in [6, 6.07) is 10.1. The Morgan fingerprint density at radius 1 is 1.25 bits per heavy atom. The van der Waals surface area contributed by atoms with E-state index in [0.717, 1.165) is 4.57 Å². The standard InChI is InChI=1S/C16H10ClN3O4/c17-11-4-5-14-13(7-11)16(22)19(9-18-14)8-15(21)10-2-1-3-12(6-10)20(23)24/h1-7,9H,8H2. The van der Waals surface area contributed by atoms with Crippen LogP contribution in [0.3, 0.4) is 0 Å². The molecule has 0 aliphatic heterocycles. The van der Waals surface area contributed by atoms with Crippen molar-refractivity contribution in [1.29, 1.82) is 0 Å². The minimum Gasteiger partial charge on any atom is -0.292 e. The number of aromatic nitrogens is 2. The quantitative estimate of drug-likeness (QED) is 0.412. The van der Waals surface area contributed by atoms with E-state index in [2.05, 4.69) is 4.98 Å². The molecule has 0 unspecified atom stereocenters. The molecule has 1 heterocycles. The molecule has 0 radical (unpaired) electrons. The second-order valence-electron chi connectivity index (χ2n) is 5.07. The molecule has 0 aliphatic carbocycles. The van der Waals surface area contributed by atoms with Crippen LogP contribution in [-0.4, -0.2) is 20.3 Å². The van der Waals surface area contributed by atoms with Crippen molar-refractivity contribution in [2.45, 2.75) is 6.54 Å². The molecule has 1 aromatic heterocycles. The largest absolute Gasteiger partial charge is 0.292 e. The molecule has 0 saturated heterocycles. The van der Waals surface area contributed by atoms with Gasteiger partial charge in [0, 0.05) is 22.7 Å². The average Bonchev–Trinajstić information content (AvgIpc) is 2.58. The van der Waals surface area contributed by atoms with Crippen molar-refractivity contribution in [3.63, 3.8) is 0 Å². The van der Waals surface area contributed by atoms with E-state index in [1.54, 1.807) is 12.1 Å². The van der Waals surface area contributed by atoms with E-state index < -0.39 is 16.3 Å². The van der Waals surface area contributed by atoms with Gasteiger partial charge in [0.15, 0.2) is 5.78 Å². The van der Waals surface area contributed by atoms with Crippen LogP contribution in [0.1, 0.15) is 10.4 Å². The Morgan fingerprint density at radius 2 is 2.04 bits per heavy atom. The Hall–Kier alpha value is -3.06. The summed E-state index contributed by atoms with van der Waals surface area (Å²) in [4.78, 5) is 39.1. The number of rotatable bonds is 4. The first-order valence-corrected chi connectivity index (χ1v) is 7.26. The van der Waals surface area contributed by atoms with E-state index in [1.165, 1.54) is 36.7 Å². The van der Waals surface area contributed by atoms with Crippen LogP contribution >= 0.6 is 11.6 Å². The van der Waals surface area contributed by atoms with Crippen molar-refractivity contribution < 1.29 is 9.72 Å². The molecular formula is C16H10ClN3O4. The summed E-state index contributed by atoms with van der Waals surface area (Å²) in [5.41, 5.74) is 0.0450. The number of Topliss-reactive ketones (excluding diaryl/α,β-unsaturated/α-hetero) is 1. The van der Waals surface area contributed by atoms with E-state index in [4.69, 9.17) is 11.6 Å². The maximum Gasteiger partial charge on any atom is 0.270 e. The third kappa shape index (κ3) is 3.02. The first-order valence-electron chi connectivity index (χ1n) is 6.88. The van der Waals surface area contributed by atoms with Gasteiger partial charge in [-0.15, -0.1) is 0 Å². The van der Waals surface area contributed by atoms with Gasteiger partial charge in [-0.05, 0) is 18.2 Å². The number of benzene rings is 2. The van der Waals surface area contributed by atoms with Crippen molar-refractivity contribution in [3.05, 3.63) is 79.8 Å². The molecule has 0 spiro atoms. The van der Waals surface area contributed by atoms with Crippen LogP contribution in [0.2, 0.25) is 5.02 Å². The summed E-state index contributed by atoms with van der Waals surface area (Å²) < 4.78 is 1.15. The van der Waals surface area contributed by atoms with E-state index in [0.29, 0.717) is 15.9 Å². The third-order valence-corrected chi connectivity index (χ3v) is 3.71. The van der Waals surface area contributed by atoms with Gasteiger partial charge in [0.05, 0.1) is 28.7 Å². The topological polar surface area (TPSA) is 95.1 Å². The van der Waals surface area contributed by atoms with Crippen LogP contribution in [0.5, 0.6) is 0 Å². The Kier molecular flexibility index (Phi) is 4.09. The highest BCUT2D eigenvalue weighted by Gasteiger charge is 2.14. The van der Waals surface area contributed by atoms with E-state index >= 15 is 0 Å². The van der Waals surface area contributed by atoms with Crippen molar-refractivity contribution in [2.24, 2.45) is 0 Å². The van der Waals surface area contributed by atoms with Crippen LogP contribution < -0.4 is 5.56 Å². The molecule has 0 N–H and O–H groups in total. The molecule has 3 aromatic rings. The maximum absolute atomic E-state index is 12.4. The second kappa shape index (κ2) is 6.21. The number of non-ortho nitro benzene ring substituents is 1. The molecule has 24 heavy (non-hydrogen) atoms. The first-order chi connectivity index (χ1) is 11.5. The van der Waals surface area contributed by atoms with E-state index in [1.807, 2.05) is 0 Å². The Morgan fingerprint density at radius 3 is 2.79 bits per heavy atom. The minimum absolute atomic E-state index is 0.155. The number of nitro groups is 1. The van der Waals surface area contributed by atoms with Gasteiger partial charge >= 0.3 is 0 Å². The second-order valence-corrected chi connectivity index (χ2v) is 5.51. The molecule has 120 valence electrons. The number of hydrogen-bond acceptors (Lipinski definition) is 5. The van der Waals surface area contributed by atoms with E-state index in [9.17, 15) is 19.7 Å². The van der Waals surface area contributed by atoms with Gasteiger partial charge in [-0.25, -0.2) is 4.98 Å². The van der Waals surface area contributed by atoms with Crippen LogP contribution in [0, 0.1) is 10.1 Å². The molecule has 2 aromatic carbocycles. The fraction of sp³-hybridized carbons (Fsp3) is 0.0625. The number of nitrogens with zero attached hydrogens (tertiary/aromatic N) is 3. The van der Waals surface area contributed by atoms with Crippen LogP contribution in [-0.2, 0) is 6.54 Å². The maximum atomic E-state index is 12.4. The molecule has 0 aliphatic rings. The van der Waals surface area contributed by atoms with Crippen molar-refractivity contribution in [1.82, 2.24) is 9.55 Å². The summed E-state index contributed by atoms with van der Waals surface area (Å²) in [5.74, 6) is -0.427. The zero-order valence-electron chi connectivity index (χ0n) is 12.2. The number of carbonyl (C=O) groups excluding carboxylic acids is 1. The highest BCUT2D eigenvalue weighted by molar-refractivity contribution is 6.31. The van der Waals surface area contributed by atoms with Crippen LogP contribution in [0.4, 0.5) is 5.69 Å². The zero-order valence-corrected chi connectivity index (χ0v) is 12.9. The Bertz CT molecular complexity index is 1030. The fourth-order valence-electron chi connectivity index (χ4n) is 2.28. The third-order valence-electron chi connectivity index (χ3n) is 3.48. The smallest absolute Gasteiger partial charge is 0.270 e. The SMILES string of the molecule is O=C(Cn1cnc2ccc(Cl)cc2c1=O)c1cccc([N+](=O)[O-])c1. The van der Waals surface area contributed by atoms with Gasteiger partial charge in [0.25, 0.3) is 11.2 Å². The summed E-state index contributed by atoms with van der Waals surface area (Å²) >= 11 is 5.88. The number of carbonyl (C=O) groups is 1. The summed E-state index contributed by atoms with van der Waals surface area (Å²) in [5, 5.41) is 11.5. The number of hydrogen-bond donors (Lipinski definition) is 0. The lowest BCUT2D eigenvalue weighted by molar-refractivity contribution is -0.384. The molecule has 0 bridgehead atoms. The number of fused-ring (bicyclic) bond motifs is 1. The lowest BCUT2D eigenvalue weighted by Gasteiger charge is -2.06.